The molecule has 1 atom stereocenters. The van der Waals surface area contributed by atoms with Gasteiger partial charge in [-0.25, -0.2) is 14.8 Å². The Kier molecular flexibility index (Phi) is 5.11. The van der Waals surface area contributed by atoms with Gasteiger partial charge in [0.05, 0.1) is 11.7 Å². The molecule has 0 unspecified atom stereocenters. The fourth-order valence-corrected chi connectivity index (χ4v) is 4.99. The highest BCUT2D eigenvalue weighted by atomic mass is 16.2. The van der Waals surface area contributed by atoms with Crippen molar-refractivity contribution >= 4 is 29.1 Å². The van der Waals surface area contributed by atoms with Crippen LogP contribution in [0.1, 0.15) is 55.4 Å². The number of fused-ring (bicyclic) bond motifs is 4. The molecular formula is C23H27N5O2. The number of Topliss-reactive ketones (excluding diaryl/α,β-unsaturated/α-hetero) is 1. The van der Waals surface area contributed by atoms with Crippen molar-refractivity contribution in [2.45, 2.75) is 51.0 Å². The summed E-state index contributed by atoms with van der Waals surface area (Å²) >= 11 is 0. The summed E-state index contributed by atoms with van der Waals surface area (Å²) in [6.45, 7) is 1.68. The first kappa shape index (κ1) is 19.0. The van der Waals surface area contributed by atoms with Crippen LogP contribution in [0.25, 0.3) is 0 Å². The first-order valence-corrected chi connectivity index (χ1v) is 11.0. The van der Waals surface area contributed by atoms with Crippen molar-refractivity contribution in [2.75, 3.05) is 28.2 Å². The SMILES string of the molecule is O=C(CC1CCCCC1)c1ccc2c(n1)N(C(=O)Nc1ccccn1)[C@H]1CCN2C1. The van der Waals surface area contributed by atoms with Gasteiger partial charge in [-0.2, -0.15) is 0 Å². The Hall–Kier alpha value is -2.96. The van der Waals surface area contributed by atoms with Gasteiger partial charge >= 0.3 is 6.03 Å². The van der Waals surface area contributed by atoms with Gasteiger partial charge in [0.25, 0.3) is 0 Å². The van der Waals surface area contributed by atoms with Gasteiger partial charge in [-0.1, -0.05) is 38.2 Å². The predicted octanol–water partition coefficient (Wildman–Crippen LogP) is 4.26. The highest BCUT2D eigenvalue weighted by Gasteiger charge is 2.40. The van der Waals surface area contributed by atoms with E-state index in [2.05, 4.69) is 15.2 Å². The fourth-order valence-electron chi connectivity index (χ4n) is 4.99. The smallest absolute Gasteiger partial charge is 0.329 e. The molecule has 30 heavy (non-hydrogen) atoms. The largest absolute Gasteiger partial charge is 0.366 e. The second-order valence-electron chi connectivity index (χ2n) is 8.57. The molecular weight excluding hydrogens is 378 g/mol. The maximum Gasteiger partial charge on any atom is 0.329 e. The fraction of sp³-hybridized carbons (Fsp3) is 0.478. The van der Waals surface area contributed by atoms with E-state index >= 15 is 0 Å². The Labute approximate surface area is 176 Å². The third-order valence-electron chi connectivity index (χ3n) is 6.56. The molecule has 1 aliphatic carbocycles. The van der Waals surface area contributed by atoms with Crippen LogP contribution in [0.2, 0.25) is 0 Å². The molecule has 1 N–H and O–H groups in total. The molecule has 2 aromatic heterocycles. The van der Waals surface area contributed by atoms with E-state index in [1.54, 1.807) is 17.2 Å². The van der Waals surface area contributed by atoms with Crippen molar-refractivity contribution in [3.8, 4) is 0 Å². The third-order valence-corrected chi connectivity index (χ3v) is 6.56. The van der Waals surface area contributed by atoms with E-state index in [9.17, 15) is 9.59 Å². The number of amides is 2. The first-order chi connectivity index (χ1) is 14.7. The lowest BCUT2D eigenvalue weighted by Gasteiger charge is -2.35. The van der Waals surface area contributed by atoms with Gasteiger partial charge in [0, 0.05) is 25.7 Å². The summed E-state index contributed by atoms with van der Waals surface area (Å²) in [5.74, 6) is 1.65. The Balaban J connectivity index is 1.41. The normalized spacial score (nSPS) is 20.7. The average molecular weight is 406 g/mol. The van der Waals surface area contributed by atoms with Crippen LogP contribution in [-0.2, 0) is 0 Å². The third kappa shape index (κ3) is 3.64. The lowest BCUT2D eigenvalue weighted by atomic mass is 9.85. The Morgan fingerprint density at radius 3 is 2.73 bits per heavy atom. The molecule has 7 nitrogen and oxygen atoms in total. The molecule has 2 bridgehead atoms. The molecule has 2 aliphatic heterocycles. The minimum Gasteiger partial charge on any atom is -0.366 e. The van der Waals surface area contributed by atoms with E-state index < -0.39 is 0 Å². The number of rotatable bonds is 4. The van der Waals surface area contributed by atoms with E-state index in [1.165, 1.54) is 19.3 Å². The van der Waals surface area contributed by atoms with Gasteiger partial charge < -0.3 is 4.90 Å². The van der Waals surface area contributed by atoms with Crippen LogP contribution in [0.4, 0.5) is 22.1 Å². The molecule has 7 heteroatoms. The molecule has 4 heterocycles. The second kappa shape index (κ2) is 8.05. The number of hydrogen-bond acceptors (Lipinski definition) is 5. The summed E-state index contributed by atoms with van der Waals surface area (Å²) in [7, 11) is 0. The molecule has 0 spiro atoms. The van der Waals surface area contributed by atoms with E-state index in [0.29, 0.717) is 29.7 Å². The zero-order valence-corrected chi connectivity index (χ0v) is 17.1. The minimum atomic E-state index is -0.245. The van der Waals surface area contributed by atoms with Gasteiger partial charge in [-0.05, 0) is 36.6 Å². The first-order valence-electron chi connectivity index (χ1n) is 11.0. The maximum atomic E-state index is 13.1. The van der Waals surface area contributed by atoms with Crippen molar-refractivity contribution in [1.29, 1.82) is 0 Å². The summed E-state index contributed by atoms with van der Waals surface area (Å²) in [5.41, 5.74) is 1.39. The van der Waals surface area contributed by atoms with Crippen LogP contribution in [0.15, 0.2) is 36.5 Å². The highest BCUT2D eigenvalue weighted by molar-refractivity contribution is 6.05. The van der Waals surface area contributed by atoms with Gasteiger partial charge in [0.1, 0.15) is 11.5 Å². The monoisotopic (exact) mass is 405 g/mol. The number of carbonyl (C=O) groups excluding carboxylic acids is 2. The summed E-state index contributed by atoms with van der Waals surface area (Å²) in [6.07, 6.45) is 9.06. The molecule has 0 radical (unpaired) electrons. The van der Waals surface area contributed by atoms with E-state index in [1.807, 2.05) is 24.3 Å². The zero-order valence-electron chi connectivity index (χ0n) is 17.1. The highest BCUT2D eigenvalue weighted by Crippen LogP contribution is 2.39. The molecule has 1 saturated heterocycles. The van der Waals surface area contributed by atoms with Gasteiger partial charge in [-0.3, -0.25) is 15.0 Å². The van der Waals surface area contributed by atoms with Crippen LogP contribution in [0.3, 0.4) is 0 Å². The predicted molar refractivity (Wildman–Crippen MR) is 116 cm³/mol. The lowest BCUT2D eigenvalue weighted by molar-refractivity contribution is 0.0945. The molecule has 2 amide bonds. The van der Waals surface area contributed by atoms with Crippen molar-refractivity contribution in [3.63, 3.8) is 0 Å². The lowest BCUT2D eigenvalue weighted by Crippen LogP contribution is -2.48. The second-order valence-corrected chi connectivity index (χ2v) is 8.57. The van der Waals surface area contributed by atoms with E-state index in [0.717, 1.165) is 38.0 Å². The average Bonchev–Trinajstić information content (AvgIpc) is 3.19. The topological polar surface area (TPSA) is 78.4 Å². The van der Waals surface area contributed by atoms with Crippen LogP contribution in [-0.4, -0.2) is 40.9 Å². The maximum absolute atomic E-state index is 13.1. The number of pyridine rings is 2. The van der Waals surface area contributed by atoms with Crippen molar-refractivity contribution < 1.29 is 9.59 Å². The van der Waals surface area contributed by atoms with Crippen LogP contribution in [0.5, 0.6) is 0 Å². The van der Waals surface area contributed by atoms with Crippen molar-refractivity contribution in [3.05, 3.63) is 42.2 Å². The molecule has 3 aliphatic rings. The van der Waals surface area contributed by atoms with Crippen LogP contribution >= 0.6 is 0 Å². The summed E-state index contributed by atoms with van der Waals surface area (Å²) < 4.78 is 0. The Morgan fingerprint density at radius 2 is 1.93 bits per heavy atom. The van der Waals surface area contributed by atoms with E-state index in [4.69, 9.17) is 4.98 Å². The number of nitrogens with zero attached hydrogens (tertiary/aromatic N) is 4. The number of urea groups is 1. The Morgan fingerprint density at radius 1 is 1.07 bits per heavy atom. The quantitative estimate of drug-likeness (QED) is 0.769. The van der Waals surface area contributed by atoms with Crippen molar-refractivity contribution in [2.24, 2.45) is 5.92 Å². The summed E-state index contributed by atoms with van der Waals surface area (Å²) in [6, 6.07) is 9.01. The van der Waals surface area contributed by atoms with Crippen molar-refractivity contribution in [1.82, 2.24) is 9.97 Å². The minimum absolute atomic E-state index is 0.0532. The number of aromatic nitrogens is 2. The van der Waals surface area contributed by atoms with Gasteiger partial charge in [0.15, 0.2) is 11.6 Å². The standard InChI is InChI=1S/C23H27N5O2/c29-20(14-16-6-2-1-3-7-16)18-9-10-19-22(25-18)28(17-11-13-27(19)15-17)23(30)26-21-8-4-5-12-24-21/h4-5,8-10,12,16-17H,1-3,6-7,11,13-15H2,(H,24,26,30)/t17-/m0/s1. The van der Waals surface area contributed by atoms with Crippen LogP contribution in [0, 0.1) is 5.92 Å². The van der Waals surface area contributed by atoms with Crippen LogP contribution < -0.4 is 15.1 Å². The molecule has 1 saturated carbocycles. The molecule has 156 valence electrons. The molecule has 5 rings (SSSR count). The molecule has 2 fully saturated rings. The number of nitrogens with one attached hydrogen (secondary N) is 1. The molecule has 0 aromatic carbocycles. The van der Waals surface area contributed by atoms with Gasteiger partial charge in [-0.15, -0.1) is 0 Å². The molecule has 2 aromatic rings. The summed E-state index contributed by atoms with van der Waals surface area (Å²) in [5, 5.41) is 2.88. The zero-order chi connectivity index (χ0) is 20.5. The van der Waals surface area contributed by atoms with E-state index in [-0.39, 0.29) is 17.9 Å². The van der Waals surface area contributed by atoms with Gasteiger partial charge in [0.2, 0.25) is 0 Å². The number of anilines is 3. The number of hydrogen-bond donors (Lipinski definition) is 1. The number of ketones is 1. The Bertz CT molecular complexity index is 942. The number of carbonyl (C=O) groups is 2. The summed E-state index contributed by atoms with van der Waals surface area (Å²) in [4.78, 5) is 39.0.